The van der Waals surface area contributed by atoms with E-state index in [0.717, 1.165) is 19.3 Å². The minimum atomic E-state index is -0.919. The van der Waals surface area contributed by atoms with Crippen LogP contribution in [0.4, 0.5) is 0 Å². The number of ether oxygens (including phenoxy) is 3. The molecule has 0 aromatic rings. The van der Waals surface area contributed by atoms with Gasteiger partial charge in [0.25, 0.3) is 0 Å². The second kappa shape index (κ2) is 19.3. The summed E-state index contributed by atoms with van der Waals surface area (Å²) in [5.41, 5.74) is 0.425. The Kier molecular flexibility index (Phi) is 18.0. The molecule has 0 fully saturated rings. The standard InChI is InChI=1S/C26H44O7/c1-6-9-10-11-12-13-14-15-16-17-24(28)33-22(18-31-25(29)20(4)7-2)19-32-26(30)21(5)23(27)8-3/h7,21-22H,6,8-19H2,1-5H3. The summed E-state index contributed by atoms with van der Waals surface area (Å²) in [4.78, 5) is 47.9. The van der Waals surface area contributed by atoms with E-state index in [1.165, 1.54) is 45.4 Å². The van der Waals surface area contributed by atoms with E-state index in [4.69, 9.17) is 14.2 Å². The molecule has 0 aliphatic heterocycles. The van der Waals surface area contributed by atoms with Gasteiger partial charge in [0, 0.05) is 18.4 Å². The second-order valence-electron chi connectivity index (χ2n) is 8.43. The molecule has 0 saturated carbocycles. The van der Waals surface area contributed by atoms with Gasteiger partial charge in [-0.2, -0.15) is 0 Å². The smallest absolute Gasteiger partial charge is 0.333 e. The molecule has 0 aliphatic rings. The van der Waals surface area contributed by atoms with Gasteiger partial charge in [-0.05, 0) is 27.2 Å². The summed E-state index contributed by atoms with van der Waals surface area (Å²) in [5, 5.41) is 0. The van der Waals surface area contributed by atoms with Gasteiger partial charge < -0.3 is 14.2 Å². The van der Waals surface area contributed by atoms with Crippen molar-refractivity contribution in [3.05, 3.63) is 11.6 Å². The second-order valence-corrected chi connectivity index (χ2v) is 8.43. The summed E-state index contributed by atoms with van der Waals surface area (Å²) in [6, 6.07) is 0. The molecule has 7 nitrogen and oxygen atoms in total. The first-order valence-corrected chi connectivity index (χ1v) is 12.5. The van der Waals surface area contributed by atoms with E-state index in [0.29, 0.717) is 5.57 Å². The van der Waals surface area contributed by atoms with Crippen molar-refractivity contribution in [3.8, 4) is 0 Å². The molecule has 0 bridgehead atoms. The molecule has 0 spiro atoms. The van der Waals surface area contributed by atoms with Crippen LogP contribution in [0.2, 0.25) is 0 Å². The highest BCUT2D eigenvalue weighted by atomic mass is 16.6. The maximum absolute atomic E-state index is 12.3. The van der Waals surface area contributed by atoms with Crippen LogP contribution in [0.25, 0.3) is 0 Å². The van der Waals surface area contributed by atoms with Gasteiger partial charge in [0.05, 0.1) is 0 Å². The molecule has 7 heteroatoms. The van der Waals surface area contributed by atoms with E-state index in [9.17, 15) is 19.2 Å². The quantitative estimate of drug-likeness (QED) is 0.0813. The van der Waals surface area contributed by atoms with Crippen LogP contribution in [0.1, 0.15) is 105 Å². The highest BCUT2D eigenvalue weighted by molar-refractivity contribution is 5.98. The Bertz CT molecular complexity index is 624. The Hall–Kier alpha value is -2.18. The minimum Gasteiger partial charge on any atom is -0.461 e. The monoisotopic (exact) mass is 468 g/mol. The van der Waals surface area contributed by atoms with Crippen molar-refractivity contribution >= 4 is 23.7 Å². The van der Waals surface area contributed by atoms with Gasteiger partial charge in [-0.15, -0.1) is 0 Å². The number of esters is 3. The van der Waals surface area contributed by atoms with Gasteiger partial charge in [0.15, 0.2) is 6.10 Å². The summed E-state index contributed by atoms with van der Waals surface area (Å²) in [7, 11) is 0. The van der Waals surface area contributed by atoms with E-state index in [2.05, 4.69) is 6.92 Å². The zero-order valence-electron chi connectivity index (χ0n) is 21.3. The number of carbonyl (C=O) groups excluding carboxylic acids is 4. The predicted molar refractivity (Wildman–Crippen MR) is 128 cm³/mol. The van der Waals surface area contributed by atoms with E-state index >= 15 is 0 Å². The van der Waals surface area contributed by atoms with Gasteiger partial charge in [-0.1, -0.05) is 71.3 Å². The molecule has 0 saturated heterocycles. The fourth-order valence-electron chi connectivity index (χ4n) is 3.08. The summed E-state index contributed by atoms with van der Waals surface area (Å²) in [6.45, 7) is 8.19. The molecule has 0 heterocycles. The number of ketones is 1. The van der Waals surface area contributed by atoms with Crippen LogP contribution in [0.15, 0.2) is 11.6 Å². The van der Waals surface area contributed by atoms with Crippen LogP contribution in [-0.2, 0) is 33.4 Å². The SMILES string of the molecule is CC=C(C)C(=O)OCC(COC(=O)C(C)C(=O)CC)OC(=O)CCCCCCCCCCC. The lowest BCUT2D eigenvalue weighted by Crippen LogP contribution is -2.33. The van der Waals surface area contributed by atoms with Gasteiger partial charge in [0.2, 0.25) is 0 Å². The molecule has 2 unspecified atom stereocenters. The summed E-state index contributed by atoms with van der Waals surface area (Å²) in [6.07, 6.45) is 11.4. The van der Waals surface area contributed by atoms with Gasteiger partial charge in [-0.3, -0.25) is 14.4 Å². The Morgan fingerprint density at radius 3 is 1.91 bits per heavy atom. The number of unbranched alkanes of at least 4 members (excludes halogenated alkanes) is 8. The van der Waals surface area contributed by atoms with Crippen LogP contribution in [0.5, 0.6) is 0 Å². The minimum absolute atomic E-state index is 0.225. The summed E-state index contributed by atoms with van der Waals surface area (Å²) >= 11 is 0. The summed E-state index contributed by atoms with van der Waals surface area (Å²) in [5.74, 6) is -2.75. The lowest BCUT2D eigenvalue weighted by Gasteiger charge is -2.19. The fourth-order valence-corrected chi connectivity index (χ4v) is 3.08. The third kappa shape index (κ3) is 15.3. The number of hydrogen-bond donors (Lipinski definition) is 0. The molecule has 2 atom stereocenters. The van der Waals surface area contributed by atoms with E-state index in [-0.39, 0.29) is 31.8 Å². The lowest BCUT2D eigenvalue weighted by atomic mass is 10.1. The Morgan fingerprint density at radius 1 is 0.818 bits per heavy atom. The van der Waals surface area contributed by atoms with Crippen LogP contribution < -0.4 is 0 Å². The first kappa shape index (κ1) is 30.8. The topological polar surface area (TPSA) is 96.0 Å². The van der Waals surface area contributed by atoms with E-state index in [1.807, 2.05) is 0 Å². The fraction of sp³-hybridized carbons (Fsp3) is 0.769. The average Bonchev–Trinajstić information content (AvgIpc) is 2.82. The van der Waals surface area contributed by atoms with Crippen LogP contribution >= 0.6 is 0 Å². The maximum Gasteiger partial charge on any atom is 0.333 e. The molecule has 0 aromatic carbocycles. The van der Waals surface area contributed by atoms with Gasteiger partial charge in [-0.25, -0.2) is 4.79 Å². The van der Waals surface area contributed by atoms with Crippen molar-refractivity contribution in [1.29, 1.82) is 0 Å². The molecule has 190 valence electrons. The molecule has 0 N–H and O–H groups in total. The first-order valence-electron chi connectivity index (χ1n) is 12.5. The van der Waals surface area contributed by atoms with E-state index < -0.39 is 29.9 Å². The van der Waals surface area contributed by atoms with Crippen LogP contribution in [-0.4, -0.2) is 43.0 Å². The molecule has 0 radical (unpaired) electrons. The zero-order chi connectivity index (χ0) is 25.1. The van der Waals surface area contributed by atoms with Crippen molar-refractivity contribution in [2.45, 2.75) is 111 Å². The van der Waals surface area contributed by atoms with Gasteiger partial charge >= 0.3 is 17.9 Å². The van der Waals surface area contributed by atoms with Crippen LogP contribution in [0.3, 0.4) is 0 Å². The zero-order valence-corrected chi connectivity index (χ0v) is 21.3. The molecular formula is C26H44O7. The molecule has 33 heavy (non-hydrogen) atoms. The Labute approximate surface area is 199 Å². The molecule has 0 aromatic heterocycles. The molecule has 0 amide bonds. The maximum atomic E-state index is 12.3. The number of carbonyl (C=O) groups is 4. The summed E-state index contributed by atoms with van der Waals surface area (Å²) < 4.78 is 15.7. The largest absolute Gasteiger partial charge is 0.461 e. The van der Waals surface area contributed by atoms with Crippen molar-refractivity contribution in [3.63, 3.8) is 0 Å². The van der Waals surface area contributed by atoms with E-state index in [1.54, 1.807) is 26.8 Å². The normalized spacial score (nSPS) is 13.2. The average molecular weight is 469 g/mol. The predicted octanol–water partition coefficient (Wildman–Crippen LogP) is 5.49. The van der Waals surface area contributed by atoms with Crippen LogP contribution in [0, 0.1) is 5.92 Å². The van der Waals surface area contributed by atoms with Gasteiger partial charge in [0.1, 0.15) is 24.9 Å². The van der Waals surface area contributed by atoms with Crippen molar-refractivity contribution < 1.29 is 33.4 Å². The molecular weight excluding hydrogens is 424 g/mol. The third-order valence-electron chi connectivity index (χ3n) is 5.53. The van der Waals surface area contributed by atoms with Crippen molar-refractivity contribution in [1.82, 2.24) is 0 Å². The molecule has 0 rings (SSSR count). The Morgan fingerprint density at radius 2 is 1.36 bits per heavy atom. The highest BCUT2D eigenvalue weighted by Gasteiger charge is 2.24. The first-order chi connectivity index (χ1) is 15.8. The molecule has 0 aliphatic carbocycles. The van der Waals surface area contributed by atoms with Crippen molar-refractivity contribution in [2.75, 3.05) is 13.2 Å². The number of Topliss-reactive ketones (excluding diaryl/α,β-unsaturated/α-hetero) is 1. The highest BCUT2D eigenvalue weighted by Crippen LogP contribution is 2.12. The number of allylic oxidation sites excluding steroid dienone is 1. The number of rotatable bonds is 19. The number of hydrogen-bond acceptors (Lipinski definition) is 7. The Balaban J connectivity index is 4.50. The van der Waals surface area contributed by atoms with Crippen molar-refractivity contribution in [2.24, 2.45) is 5.92 Å². The third-order valence-corrected chi connectivity index (χ3v) is 5.53. The lowest BCUT2D eigenvalue weighted by molar-refractivity contribution is -0.167.